The molecule has 0 bridgehead atoms. The molecule has 0 amide bonds. The third-order valence-electron chi connectivity index (χ3n) is 4.55. The van der Waals surface area contributed by atoms with Gasteiger partial charge in [-0.25, -0.2) is 0 Å². The highest BCUT2D eigenvalue weighted by Crippen LogP contribution is 2.45. The van der Waals surface area contributed by atoms with E-state index in [-0.39, 0.29) is 23.9 Å². The quantitative estimate of drug-likeness (QED) is 0.755. The van der Waals surface area contributed by atoms with Crippen LogP contribution in [0.2, 0.25) is 0 Å². The van der Waals surface area contributed by atoms with Gasteiger partial charge in [-0.15, -0.1) is 0 Å². The van der Waals surface area contributed by atoms with Gasteiger partial charge in [0.1, 0.15) is 11.7 Å². The first-order valence-corrected chi connectivity index (χ1v) is 6.69. The van der Waals surface area contributed by atoms with Crippen molar-refractivity contribution in [2.24, 2.45) is 0 Å². The maximum Gasteiger partial charge on any atom is 0.124 e. The number of hydrogen-bond acceptors (Lipinski definition) is 4. The number of likely N-dealkylation sites (N-methyl/N-ethyl adjacent to an activating group) is 1. The maximum atomic E-state index is 6.34. The van der Waals surface area contributed by atoms with E-state index in [0.29, 0.717) is 0 Å². The molecule has 1 fully saturated rings. The Morgan fingerprint density at radius 3 is 2.17 bits per heavy atom. The molecule has 0 spiro atoms. The Kier molecular flexibility index (Phi) is 4.81. The zero-order chi connectivity index (χ0) is 14.1. The number of hydrogen-bond donors (Lipinski definition) is 0. The predicted molar refractivity (Wildman–Crippen MR) is 72.9 cm³/mol. The summed E-state index contributed by atoms with van der Waals surface area (Å²) in [5.74, 6) is 0. The lowest BCUT2D eigenvalue weighted by molar-refractivity contribution is -0.206. The molecule has 0 aromatic carbocycles. The summed E-state index contributed by atoms with van der Waals surface area (Å²) in [5.41, 5.74) is -0.799. The highest BCUT2D eigenvalue weighted by Gasteiger charge is 2.61. The van der Waals surface area contributed by atoms with Crippen LogP contribution in [0, 0.1) is 0 Å². The fourth-order valence-electron chi connectivity index (χ4n) is 3.38. The summed E-state index contributed by atoms with van der Waals surface area (Å²) < 4.78 is 17.8. The van der Waals surface area contributed by atoms with Crippen LogP contribution in [-0.2, 0) is 14.2 Å². The van der Waals surface area contributed by atoms with E-state index >= 15 is 0 Å². The van der Waals surface area contributed by atoms with Crippen LogP contribution in [0.5, 0.6) is 0 Å². The lowest BCUT2D eigenvalue weighted by atomic mass is 9.77. The minimum absolute atomic E-state index is 0.00227. The monoisotopic (exact) mass is 259 g/mol. The first-order valence-electron chi connectivity index (χ1n) is 6.69. The average Bonchev–Trinajstić information content (AvgIpc) is 2.62. The molecule has 0 N–H and O–H groups in total. The van der Waals surface area contributed by atoms with Crippen LogP contribution in [0.15, 0.2) is 0 Å². The molecule has 4 atom stereocenters. The fraction of sp³-hybridized carbons (Fsp3) is 1.00. The van der Waals surface area contributed by atoms with Gasteiger partial charge in [0.05, 0.1) is 17.7 Å². The highest BCUT2D eigenvalue weighted by molar-refractivity contribution is 5.12. The molecule has 0 aromatic rings. The highest BCUT2D eigenvalue weighted by atomic mass is 16.6. The lowest BCUT2D eigenvalue weighted by Crippen LogP contribution is -2.60. The second kappa shape index (κ2) is 5.45. The molecule has 1 heterocycles. The summed E-state index contributed by atoms with van der Waals surface area (Å²) in [6.07, 6.45) is 0.989. The molecule has 0 aromatic heterocycles. The number of methoxy groups -OCH3 is 2. The molecule has 1 aliphatic rings. The minimum Gasteiger partial charge on any atom is -0.377 e. The fourth-order valence-corrected chi connectivity index (χ4v) is 3.38. The molecular formula is C14H29NO3. The van der Waals surface area contributed by atoms with Gasteiger partial charge in [-0.3, -0.25) is 0 Å². The lowest BCUT2D eigenvalue weighted by Gasteiger charge is -2.45. The van der Waals surface area contributed by atoms with Crippen molar-refractivity contribution < 1.29 is 14.2 Å². The summed E-state index contributed by atoms with van der Waals surface area (Å²) in [4.78, 5) is 2.18. The summed E-state index contributed by atoms with van der Waals surface area (Å²) in [6.45, 7) is 8.40. The Morgan fingerprint density at radius 2 is 1.83 bits per heavy atom. The average molecular weight is 259 g/mol. The van der Waals surface area contributed by atoms with E-state index in [1.54, 1.807) is 14.2 Å². The third kappa shape index (κ3) is 2.20. The standard InChI is InChI=1S/C14H29NO3/c1-9-14(13(3,4)17-8)12(16-7)11(15(5)6)10(2)18-14/h10-12H,9H2,1-8H3. The minimum atomic E-state index is -0.412. The van der Waals surface area contributed by atoms with Gasteiger partial charge in [-0.1, -0.05) is 6.92 Å². The SMILES string of the molecule is CCC1(C(C)(C)OC)OC(C)C(N(C)C)C1OC. The second-order valence-electron chi connectivity index (χ2n) is 5.89. The molecule has 0 saturated carbocycles. The number of nitrogens with zero attached hydrogens (tertiary/aromatic N) is 1. The van der Waals surface area contributed by atoms with Gasteiger partial charge >= 0.3 is 0 Å². The molecule has 4 nitrogen and oxygen atoms in total. The molecule has 0 aliphatic carbocycles. The summed E-state index contributed by atoms with van der Waals surface area (Å²) in [7, 11) is 7.64. The van der Waals surface area contributed by atoms with E-state index in [4.69, 9.17) is 14.2 Å². The predicted octanol–water partition coefficient (Wildman–Crippen LogP) is 1.92. The zero-order valence-corrected chi connectivity index (χ0v) is 13.1. The molecule has 1 aliphatic heterocycles. The molecule has 1 rings (SSSR count). The number of ether oxygens (including phenoxy) is 3. The smallest absolute Gasteiger partial charge is 0.124 e. The van der Waals surface area contributed by atoms with Crippen LogP contribution < -0.4 is 0 Å². The van der Waals surface area contributed by atoms with Crippen molar-refractivity contribution in [3.63, 3.8) is 0 Å². The van der Waals surface area contributed by atoms with Gasteiger partial charge < -0.3 is 19.1 Å². The van der Waals surface area contributed by atoms with Crippen molar-refractivity contribution in [2.45, 2.75) is 63.6 Å². The van der Waals surface area contributed by atoms with E-state index in [1.165, 1.54) is 0 Å². The Balaban J connectivity index is 3.21. The van der Waals surface area contributed by atoms with Gasteiger partial charge in [0, 0.05) is 14.2 Å². The molecule has 4 unspecified atom stereocenters. The van der Waals surface area contributed by atoms with E-state index in [1.807, 2.05) is 0 Å². The van der Waals surface area contributed by atoms with Gasteiger partial charge in [0.2, 0.25) is 0 Å². The van der Waals surface area contributed by atoms with Crippen molar-refractivity contribution in [3.05, 3.63) is 0 Å². The summed E-state index contributed by atoms with van der Waals surface area (Å²) in [5, 5.41) is 0. The topological polar surface area (TPSA) is 30.9 Å². The van der Waals surface area contributed by atoms with Crippen LogP contribution in [0.4, 0.5) is 0 Å². The molecule has 4 heteroatoms. The first kappa shape index (κ1) is 15.9. The summed E-state index contributed by atoms with van der Waals surface area (Å²) in [6, 6.07) is 0.240. The normalized spacial score (nSPS) is 37.5. The van der Waals surface area contributed by atoms with Crippen LogP contribution in [-0.4, -0.2) is 62.7 Å². The Bertz CT molecular complexity index is 280. The first-order chi connectivity index (χ1) is 8.27. The van der Waals surface area contributed by atoms with Crippen LogP contribution in [0.3, 0.4) is 0 Å². The largest absolute Gasteiger partial charge is 0.377 e. The molecule has 18 heavy (non-hydrogen) atoms. The number of rotatable bonds is 5. The second-order valence-corrected chi connectivity index (χ2v) is 5.89. The van der Waals surface area contributed by atoms with Crippen molar-refractivity contribution in [2.75, 3.05) is 28.3 Å². The van der Waals surface area contributed by atoms with Crippen LogP contribution in [0.25, 0.3) is 0 Å². The zero-order valence-electron chi connectivity index (χ0n) is 13.1. The molecule has 108 valence electrons. The summed E-state index contributed by atoms with van der Waals surface area (Å²) >= 11 is 0. The van der Waals surface area contributed by atoms with E-state index < -0.39 is 5.60 Å². The van der Waals surface area contributed by atoms with Crippen molar-refractivity contribution in [1.82, 2.24) is 4.90 Å². The van der Waals surface area contributed by atoms with E-state index in [2.05, 4.69) is 46.7 Å². The Hall–Kier alpha value is -0.160. The van der Waals surface area contributed by atoms with Crippen LogP contribution in [0.1, 0.15) is 34.1 Å². The molecular weight excluding hydrogens is 230 g/mol. The van der Waals surface area contributed by atoms with Gasteiger partial charge in [-0.2, -0.15) is 0 Å². The Labute approximate surface area is 112 Å². The molecule has 0 radical (unpaired) electrons. The third-order valence-corrected chi connectivity index (χ3v) is 4.55. The van der Waals surface area contributed by atoms with Crippen molar-refractivity contribution >= 4 is 0 Å². The van der Waals surface area contributed by atoms with Gasteiger partial charge in [-0.05, 0) is 41.3 Å². The van der Waals surface area contributed by atoms with Crippen molar-refractivity contribution in [3.8, 4) is 0 Å². The van der Waals surface area contributed by atoms with Crippen LogP contribution >= 0.6 is 0 Å². The Morgan fingerprint density at radius 1 is 1.28 bits per heavy atom. The maximum absolute atomic E-state index is 6.34. The molecule has 1 saturated heterocycles. The van der Waals surface area contributed by atoms with Gasteiger partial charge in [0.25, 0.3) is 0 Å². The van der Waals surface area contributed by atoms with E-state index in [0.717, 1.165) is 6.42 Å². The van der Waals surface area contributed by atoms with Gasteiger partial charge in [0.15, 0.2) is 0 Å². The van der Waals surface area contributed by atoms with E-state index in [9.17, 15) is 0 Å². The van der Waals surface area contributed by atoms with Crippen molar-refractivity contribution in [1.29, 1.82) is 0 Å².